The zero-order valence-electron chi connectivity index (χ0n) is 12.6. The Kier molecular flexibility index (Phi) is 3.17. The fraction of sp³-hybridized carbons (Fsp3) is 0. The van der Waals surface area contributed by atoms with Crippen LogP contribution in [0.15, 0.2) is 47.0 Å². The van der Waals surface area contributed by atoms with E-state index in [2.05, 4.69) is 15.3 Å². The van der Waals surface area contributed by atoms with E-state index in [1.807, 2.05) is 0 Å². The summed E-state index contributed by atoms with van der Waals surface area (Å²) in [5.41, 5.74) is 1.37. The predicted octanol–water partition coefficient (Wildman–Crippen LogP) is 3.34. The minimum atomic E-state index is -1.22. The first kappa shape index (κ1) is 14.8. The lowest BCUT2D eigenvalue weighted by Crippen LogP contribution is -2.08. The second kappa shape index (κ2) is 5.38. The van der Waals surface area contributed by atoms with Crippen molar-refractivity contribution in [2.45, 2.75) is 0 Å². The molecule has 3 heterocycles. The molecule has 8 heteroatoms. The summed E-state index contributed by atoms with van der Waals surface area (Å²) in [6.07, 6.45) is 0.220. The van der Waals surface area contributed by atoms with E-state index >= 15 is 0 Å². The molecule has 4 rings (SSSR count). The van der Waals surface area contributed by atoms with Crippen molar-refractivity contribution in [2.75, 3.05) is 5.32 Å². The smallest absolute Gasteiger partial charge is 0.410 e. The van der Waals surface area contributed by atoms with Crippen molar-refractivity contribution in [1.29, 1.82) is 0 Å². The van der Waals surface area contributed by atoms with Gasteiger partial charge in [-0.2, -0.15) is 0 Å². The summed E-state index contributed by atoms with van der Waals surface area (Å²) in [4.78, 5) is 30.2. The van der Waals surface area contributed by atoms with Crippen molar-refractivity contribution in [3.8, 4) is 5.75 Å². The molecule has 25 heavy (non-hydrogen) atoms. The largest absolute Gasteiger partial charge is 0.508 e. The van der Waals surface area contributed by atoms with Gasteiger partial charge in [0.25, 0.3) is 0 Å². The number of phenols is 1. The van der Waals surface area contributed by atoms with Gasteiger partial charge < -0.3 is 19.6 Å². The fourth-order valence-corrected chi connectivity index (χ4v) is 2.61. The number of nitrogens with one attached hydrogen (secondary N) is 2. The maximum Gasteiger partial charge on any atom is 0.410 e. The van der Waals surface area contributed by atoms with E-state index in [1.165, 1.54) is 24.4 Å². The molecule has 0 spiro atoms. The van der Waals surface area contributed by atoms with Gasteiger partial charge >= 0.3 is 6.09 Å². The molecule has 0 saturated heterocycles. The number of rotatable bonds is 3. The molecule has 0 aliphatic rings. The molecule has 1 amide bonds. The van der Waals surface area contributed by atoms with Crippen LogP contribution < -0.4 is 5.32 Å². The lowest BCUT2D eigenvalue weighted by molar-refractivity contribution is 0.101. The zero-order valence-corrected chi connectivity index (χ0v) is 12.6. The number of anilines is 1. The number of pyridine rings is 1. The number of aromatic amines is 1. The van der Waals surface area contributed by atoms with Gasteiger partial charge in [-0.25, -0.2) is 9.78 Å². The number of hydrogen-bond acceptors (Lipinski definition) is 5. The number of ketones is 1. The van der Waals surface area contributed by atoms with Crippen LogP contribution in [0, 0.1) is 0 Å². The van der Waals surface area contributed by atoms with Crippen LogP contribution in [0.4, 0.5) is 10.6 Å². The van der Waals surface area contributed by atoms with Crippen molar-refractivity contribution in [3.63, 3.8) is 0 Å². The summed E-state index contributed by atoms with van der Waals surface area (Å²) in [6.45, 7) is 0. The van der Waals surface area contributed by atoms with E-state index in [0.717, 1.165) is 0 Å². The number of aromatic nitrogens is 2. The van der Waals surface area contributed by atoms with E-state index < -0.39 is 6.09 Å². The molecule has 4 aromatic rings. The van der Waals surface area contributed by atoms with Gasteiger partial charge in [-0.3, -0.25) is 10.1 Å². The number of furan rings is 1. The maximum absolute atomic E-state index is 12.6. The van der Waals surface area contributed by atoms with Crippen LogP contribution in [0.3, 0.4) is 0 Å². The number of carboxylic acid groups (broad SMARTS) is 1. The molecule has 0 atom stereocenters. The monoisotopic (exact) mass is 337 g/mol. The van der Waals surface area contributed by atoms with E-state index in [4.69, 9.17) is 9.52 Å². The molecule has 0 saturated carbocycles. The molecule has 1 aromatic carbocycles. The van der Waals surface area contributed by atoms with Gasteiger partial charge in [0.05, 0.1) is 17.4 Å². The Balaban J connectivity index is 1.72. The molecule has 4 N–H and O–H groups in total. The van der Waals surface area contributed by atoms with Gasteiger partial charge in [0.2, 0.25) is 5.78 Å². The highest BCUT2D eigenvalue weighted by Gasteiger charge is 2.17. The highest BCUT2D eigenvalue weighted by Crippen LogP contribution is 2.26. The summed E-state index contributed by atoms with van der Waals surface area (Å²) >= 11 is 0. The quantitative estimate of drug-likeness (QED) is 0.424. The number of benzene rings is 1. The number of fused-ring (bicyclic) bond motifs is 2. The van der Waals surface area contributed by atoms with Crippen LogP contribution >= 0.6 is 0 Å². The minimum Gasteiger partial charge on any atom is -0.508 e. The lowest BCUT2D eigenvalue weighted by atomic mass is 10.2. The van der Waals surface area contributed by atoms with E-state index in [-0.39, 0.29) is 28.8 Å². The Morgan fingerprint density at radius 2 is 1.96 bits per heavy atom. The Morgan fingerprint density at radius 1 is 1.12 bits per heavy atom. The lowest BCUT2D eigenvalue weighted by Gasteiger charge is -1.98. The molecule has 3 aromatic heterocycles. The van der Waals surface area contributed by atoms with Crippen molar-refractivity contribution in [2.24, 2.45) is 0 Å². The number of phenolic OH excluding ortho intramolecular Hbond substituents is 1. The standard InChI is InChI=1S/C17H11N3O5/c21-10-1-2-13-9(3-10)5-14(25-13)16(22)11-4-8-6-15(20-17(23)24)18-7-12(8)19-11/h1-7,19,21H,(H,18,20)(H,23,24). The van der Waals surface area contributed by atoms with Crippen molar-refractivity contribution < 1.29 is 24.2 Å². The molecule has 0 aliphatic carbocycles. The highest BCUT2D eigenvalue weighted by atomic mass is 16.4. The molecule has 0 fully saturated rings. The molecule has 0 bridgehead atoms. The van der Waals surface area contributed by atoms with Gasteiger partial charge in [-0.1, -0.05) is 0 Å². The van der Waals surface area contributed by atoms with Crippen LogP contribution in [-0.4, -0.2) is 32.1 Å². The summed E-state index contributed by atoms with van der Waals surface area (Å²) in [7, 11) is 0. The predicted molar refractivity (Wildman–Crippen MR) is 89.1 cm³/mol. The topological polar surface area (TPSA) is 128 Å². The summed E-state index contributed by atoms with van der Waals surface area (Å²) < 4.78 is 5.53. The molecule has 8 nitrogen and oxygen atoms in total. The molecular formula is C17H11N3O5. The maximum atomic E-state index is 12.6. The van der Waals surface area contributed by atoms with Crippen LogP contribution in [0.25, 0.3) is 21.9 Å². The van der Waals surface area contributed by atoms with Gasteiger partial charge in [0.1, 0.15) is 17.2 Å². The SMILES string of the molecule is O=C(O)Nc1cc2cc(C(=O)c3cc4cc(O)ccc4o3)[nH]c2cn1. The first-order valence-electron chi connectivity index (χ1n) is 7.25. The fourth-order valence-electron chi connectivity index (χ4n) is 2.61. The van der Waals surface area contributed by atoms with E-state index in [0.29, 0.717) is 21.9 Å². The molecule has 0 unspecified atom stereocenters. The van der Waals surface area contributed by atoms with Crippen molar-refractivity contribution >= 4 is 39.6 Å². The molecular weight excluding hydrogens is 326 g/mol. The summed E-state index contributed by atoms with van der Waals surface area (Å²) in [6, 6.07) is 9.24. The van der Waals surface area contributed by atoms with Gasteiger partial charge in [-0.05, 0) is 36.4 Å². The highest BCUT2D eigenvalue weighted by molar-refractivity contribution is 6.10. The second-order valence-corrected chi connectivity index (χ2v) is 5.43. The third kappa shape index (κ3) is 2.65. The Labute approximate surface area is 139 Å². The van der Waals surface area contributed by atoms with E-state index in [9.17, 15) is 14.7 Å². The zero-order chi connectivity index (χ0) is 17.6. The summed E-state index contributed by atoms with van der Waals surface area (Å²) in [5.74, 6) is 0.0169. The second-order valence-electron chi connectivity index (χ2n) is 5.43. The number of H-pyrrole nitrogens is 1. The first-order valence-corrected chi connectivity index (χ1v) is 7.25. The van der Waals surface area contributed by atoms with Gasteiger partial charge in [0.15, 0.2) is 5.76 Å². The third-order valence-corrected chi connectivity index (χ3v) is 3.71. The average Bonchev–Trinajstić information content (AvgIpc) is 3.16. The Morgan fingerprint density at radius 3 is 2.76 bits per heavy atom. The first-order chi connectivity index (χ1) is 12.0. The summed E-state index contributed by atoms with van der Waals surface area (Å²) in [5, 5.41) is 21.6. The van der Waals surface area contributed by atoms with Crippen LogP contribution in [0.1, 0.15) is 16.2 Å². The van der Waals surface area contributed by atoms with Crippen molar-refractivity contribution in [1.82, 2.24) is 9.97 Å². The van der Waals surface area contributed by atoms with Crippen molar-refractivity contribution in [3.05, 3.63) is 54.0 Å². The van der Waals surface area contributed by atoms with Crippen LogP contribution in [0.2, 0.25) is 0 Å². The number of aromatic hydroxyl groups is 1. The van der Waals surface area contributed by atoms with Gasteiger partial charge in [0, 0.05) is 10.8 Å². The van der Waals surface area contributed by atoms with E-state index in [1.54, 1.807) is 18.2 Å². The van der Waals surface area contributed by atoms with Gasteiger partial charge in [-0.15, -0.1) is 0 Å². The average molecular weight is 337 g/mol. The number of amides is 1. The Bertz CT molecular complexity index is 1140. The molecule has 124 valence electrons. The number of nitrogens with zero attached hydrogens (tertiary/aromatic N) is 1. The minimum absolute atomic E-state index is 0.0856. The number of carbonyl (C=O) groups excluding carboxylic acids is 1. The third-order valence-electron chi connectivity index (χ3n) is 3.71. The molecule has 0 radical (unpaired) electrons. The number of carbonyl (C=O) groups is 2. The van der Waals surface area contributed by atoms with Crippen LogP contribution in [-0.2, 0) is 0 Å². The number of hydrogen-bond donors (Lipinski definition) is 4. The van der Waals surface area contributed by atoms with Crippen LogP contribution in [0.5, 0.6) is 5.75 Å². The Hall–Kier alpha value is -3.81. The molecule has 0 aliphatic heterocycles. The normalized spacial score (nSPS) is 11.0.